The quantitative estimate of drug-likeness (QED) is 0.865. The second-order valence-corrected chi connectivity index (χ2v) is 4.33. The third-order valence-corrected chi connectivity index (χ3v) is 2.90. The van der Waals surface area contributed by atoms with E-state index < -0.39 is 24.5 Å². The molecule has 0 heterocycles. The number of nitrogens with zero attached hydrogens (tertiary/aromatic N) is 1. The lowest BCUT2D eigenvalue weighted by molar-refractivity contribution is -0.119. The second kappa shape index (κ2) is 5.13. The molecule has 1 aromatic rings. The van der Waals surface area contributed by atoms with Gasteiger partial charge < -0.3 is 10.0 Å². The molecule has 0 saturated heterocycles. The van der Waals surface area contributed by atoms with Crippen LogP contribution in [0.1, 0.15) is 10.4 Å². The Hall–Kier alpha value is -1.31. The van der Waals surface area contributed by atoms with Gasteiger partial charge in [0.05, 0.1) is 15.7 Å². The molecule has 0 aliphatic carbocycles. The standard InChI is InChI=1S/C10H8BrF4NO2/c1-16(4-10(13,14)15)6-3-2-5(9(17)18)7(11)8(6)12/h2-3H,4H2,1H3,(H,17,18). The number of carboxylic acids is 1. The highest BCUT2D eigenvalue weighted by molar-refractivity contribution is 9.10. The monoisotopic (exact) mass is 329 g/mol. The van der Waals surface area contributed by atoms with Crippen LogP contribution >= 0.6 is 15.9 Å². The van der Waals surface area contributed by atoms with Crippen LogP contribution in [0, 0.1) is 5.82 Å². The van der Waals surface area contributed by atoms with Crippen LogP contribution in [-0.4, -0.2) is 30.8 Å². The van der Waals surface area contributed by atoms with Crippen LogP contribution in [0.4, 0.5) is 23.2 Å². The number of anilines is 1. The van der Waals surface area contributed by atoms with Gasteiger partial charge in [0.1, 0.15) is 6.54 Å². The summed E-state index contributed by atoms with van der Waals surface area (Å²) < 4.78 is 49.8. The van der Waals surface area contributed by atoms with Gasteiger partial charge in [0, 0.05) is 7.05 Å². The van der Waals surface area contributed by atoms with Crippen molar-refractivity contribution in [1.82, 2.24) is 0 Å². The zero-order valence-electron chi connectivity index (χ0n) is 9.05. The number of carboxylic acid groups (broad SMARTS) is 1. The topological polar surface area (TPSA) is 40.5 Å². The molecule has 1 aromatic carbocycles. The third-order valence-electron chi connectivity index (χ3n) is 2.12. The number of halogens is 5. The molecule has 1 rings (SSSR count). The van der Waals surface area contributed by atoms with Crippen LogP contribution in [0.2, 0.25) is 0 Å². The van der Waals surface area contributed by atoms with E-state index >= 15 is 0 Å². The van der Waals surface area contributed by atoms with Crippen molar-refractivity contribution in [3.05, 3.63) is 28.0 Å². The van der Waals surface area contributed by atoms with E-state index in [9.17, 15) is 22.4 Å². The number of carbonyl (C=O) groups is 1. The average Bonchev–Trinajstić information content (AvgIpc) is 2.18. The zero-order valence-corrected chi connectivity index (χ0v) is 10.6. The van der Waals surface area contributed by atoms with Gasteiger partial charge in [-0.05, 0) is 28.1 Å². The Labute approximate surface area is 108 Å². The molecule has 0 spiro atoms. The molecule has 0 unspecified atom stereocenters. The summed E-state index contributed by atoms with van der Waals surface area (Å²) in [6.45, 7) is -1.33. The maximum atomic E-state index is 13.7. The van der Waals surface area contributed by atoms with Gasteiger partial charge in [0.2, 0.25) is 0 Å². The maximum Gasteiger partial charge on any atom is 0.405 e. The van der Waals surface area contributed by atoms with E-state index in [0.29, 0.717) is 4.90 Å². The Kier molecular flexibility index (Phi) is 4.20. The molecule has 3 nitrogen and oxygen atoms in total. The van der Waals surface area contributed by atoms with Crippen LogP contribution in [-0.2, 0) is 0 Å². The summed E-state index contributed by atoms with van der Waals surface area (Å²) in [7, 11) is 1.07. The van der Waals surface area contributed by atoms with Crippen molar-refractivity contribution in [2.75, 3.05) is 18.5 Å². The van der Waals surface area contributed by atoms with Gasteiger partial charge >= 0.3 is 12.1 Å². The van der Waals surface area contributed by atoms with Crippen molar-refractivity contribution in [1.29, 1.82) is 0 Å². The summed E-state index contributed by atoms with van der Waals surface area (Å²) in [5.41, 5.74) is -0.680. The van der Waals surface area contributed by atoms with E-state index in [0.717, 1.165) is 19.2 Å². The number of benzene rings is 1. The number of aromatic carboxylic acids is 1. The van der Waals surface area contributed by atoms with Crippen LogP contribution in [0.15, 0.2) is 16.6 Å². The van der Waals surface area contributed by atoms with Gasteiger partial charge in [-0.2, -0.15) is 13.2 Å². The smallest absolute Gasteiger partial charge is 0.405 e. The second-order valence-electron chi connectivity index (χ2n) is 3.54. The largest absolute Gasteiger partial charge is 0.478 e. The Morgan fingerprint density at radius 2 is 2.00 bits per heavy atom. The predicted molar refractivity (Wildman–Crippen MR) is 60.4 cm³/mol. The highest BCUT2D eigenvalue weighted by Crippen LogP contribution is 2.30. The molecule has 0 aliphatic rings. The van der Waals surface area contributed by atoms with E-state index in [1.54, 1.807) is 0 Å². The van der Waals surface area contributed by atoms with Gasteiger partial charge in [0.15, 0.2) is 5.82 Å². The Bertz CT molecular complexity index is 476. The molecule has 0 fully saturated rings. The van der Waals surface area contributed by atoms with Crippen molar-refractivity contribution in [3.63, 3.8) is 0 Å². The van der Waals surface area contributed by atoms with Crippen LogP contribution in [0.25, 0.3) is 0 Å². The van der Waals surface area contributed by atoms with Crippen molar-refractivity contribution in [3.8, 4) is 0 Å². The third kappa shape index (κ3) is 3.34. The number of hydrogen-bond donors (Lipinski definition) is 1. The lowest BCUT2D eigenvalue weighted by Gasteiger charge is -2.22. The molecule has 0 aromatic heterocycles. The molecular weight excluding hydrogens is 322 g/mol. The Balaban J connectivity index is 3.13. The molecule has 0 bridgehead atoms. The van der Waals surface area contributed by atoms with Gasteiger partial charge in [-0.25, -0.2) is 9.18 Å². The fourth-order valence-corrected chi connectivity index (χ4v) is 1.86. The zero-order chi connectivity index (χ0) is 14.1. The normalized spacial score (nSPS) is 11.4. The van der Waals surface area contributed by atoms with E-state index in [-0.39, 0.29) is 15.7 Å². The van der Waals surface area contributed by atoms with E-state index in [4.69, 9.17) is 5.11 Å². The predicted octanol–water partition coefficient (Wildman–Crippen LogP) is 3.28. The molecule has 0 aliphatic heterocycles. The van der Waals surface area contributed by atoms with Crippen LogP contribution in [0.3, 0.4) is 0 Å². The van der Waals surface area contributed by atoms with Crippen LogP contribution < -0.4 is 4.90 Å². The summed E-state index contributed by atoms with van der Waals surface area (Å²) in [6, 6.07) is 2.03. The van der Waals surface area contributed by atoms with Gasteiger partial charge in [0.25, 0.3) is 0 Å². The lowest BCUT2D eigenvalue weighted by atomic mass is 10.2. The fraction of sp³-hybridized carbons (Fsp3) is 0.300. The van der Waals surface area contributed by atoms with Gasteiger partial charge in [-0.15, -0.1) is 0 Å². The van der Waals surface area contributed by atoms with Crippen molar-refractivity contribution in [2.24, 2.45) is 0 Å². The summed E-state index contributed by atoms with van der Waals surface area (Å²) in [6.07, 6.45) is -4.47. The van der Waals surface area contributed by atoms with Crippen molar-refractivity contribution < 1.29 is 27.5 Å². The maximum absolute atomic E-state index is 13.7. The minimum Gasteiger partial charge on any atom is -0.478 e. The lowest BCUT2D eigenvalue weighted by Crippen LogP contribution is -2.31. The molecular formula is C10H8BrF4NO2. The van der Waals surface area contributed by atoms with Crippen molar-refractivity contribution in [2.45, 2.75) is 6.18 Å². The summed E-state index contributed by atoms with van der Waals surface area (Å²) in [5.74, 6) is -2.41. The summed E-state index contributed by atoms with van der Waals surface area (Å²) >= 11 is 2.72. The minimum atomic E-state index is -4.47. The molecule has 0 amide bonds. The molecule has 18 heavy (non-hydrogen) atoms. The van der Waals surface area contributed by atoms with Gasteiger partial charge in [-0.3, -0.25) is 0 Å². The van der Waals surface area contributed by atoms with Gasteiger partial charge in [-0.1, -0.05) is 0 Å². The first kappa shape index (κ1) is 14.7. The van der Waals surface area contributed by atoms with E-state index in [1.807, 2.05) is 0 Å². The first-order valence-electron chi connectivity index (χ1n) is 4.62. The molecule has 0 atom stereocenters. The first-order chi connectivity index (χ1) is 8.13. The molecule has 100 valence electrons. The van der Waals surface area contributed by atoms with E-state index in [2.05, 4.69) is 15.9 Å². The summed E-state index contributed by atoms with van der Waals surface area (Å²) in [4.78, 5) is 11.4. The highest BCUT2D eigenvalue weighted by Gasteiger charge is 2.30. The molecule has 0 saturated carbocycles. The van der Waals surface area contributed by atoms with Crippen LogP contribution in [0.5, 0.6) is 0 Å². The Morgan fingerprint density at radius 3 is 2.44 bits per heavy atom. The fourth-order valence-electron chi connectivity index (χ4n) is 1.35. The van der Waals surface area contributed by atoms with E-state index in [1.165, 1.54) is 0 Å². The molecule has 1 N–H and O–H groups in total. The SMILES string of the molecule is CN(CC(F)(F)F)c1ccc(C(=O)O)c(Br)c1F. The number of alkyl halides is 3. The molecule has 0 radical (unpaired) electrons. The average molecular weight is 330 g/mol. The number of hydrogen-bond acceptors (Lipinski definition) is 2. The molecule has 8 heteroatoms. The minimum absolute atomic E-state index is 0.329. The number of rotatable bonds is 3. The highest BCUT2D eigenvalue weighted by atomic mass is 79.9. The summed E-state index contributed by atoms with van der Waals surface area (Å²) in [5, 5.41) is 8.72. The Morgan fingerprint density at radius 1 is 1.44 bits per heavy atom. The first-order valence-corrected chi connectivity index (χ1v) is 5.42. The van der Waals surface area contributed by atoms with Crippen molar-refractivity contribution >= 4 is 27.6 Å².